The lowest BCUT2D eigenvalue weighted by atomic mass is 10.2. The van der Waals surface area contributed by atoms with Crippen LogP contribution in [0.25, 0.3) is 0 Å². The molecule has 0 aromatic heterocycles. The topological polar surface area (TPSA) is 69.2 Å². The monoisotopic (exact) mass is 299 g/mol. The van der Waals surface area contributed by atoms with Crippen molar-refractivity contribution in [3.05, 3.63) is 17.7 Å². The van der Waals surface area contributed by atoms with Crippen LogP contribution in [0.3, 0.4) is 0 Å². The van der Waals surface area contributed by atoms with Crippen molar-refractivity contribution in [3.63, 3.8) is 0 Å². The van der Waals surface area contributed by atoms with Gasteiger partial charge in [0.15, 0.2) is 17.8 Å². The van der Waals surface area contributed by atoms with E-state index >= 15 is 0 Å². The molecule has 0 atom stereocenters. The van der Waals surface area contributed by atoms with Crippen molar-refractivity contribution in [2.45, 2.75) is 26.7 Å². The quantitative estimate of drug-likeness (QED) is 0.643. The van der Waals surface area contributed by atoms with Gasteiger partial charge < -0.3 is 29.4 Å². The van der Waals surface area contributed by atoms with E-state index in [4.69, 9.17) is 18.9 Å². The Balaban J connectivity index is 2.62. The lowest BCUT2D eigenvalue weighted by molar-refractivity contribution is -0.133. The van der Waals surface area contributed by atoms with E-state index < -0.39 is 0 Å². The van der Waals surface area contributed by atoms with E-state index in [0.717, 1.165) is 5.56 Å². The van der Waals surface area contributed by atoms with Crippen molar-refractivity contribution in [2.24, 2.45) is 0 Å². The standard InChI is InChI=1S/C15H25NO5/c1-5-20-14(21-6-2)10-16-9-11-7-12(18-3)15(17)13(8-11)19-4/h7-8,14,16-17H,5-6,9-10H2,1-4H3. The highest BCUT2D eigenvalue weighted by Gasteiger charge is 2.12. The predicted molar refractivity (Wildman–Crippen MR) is 80.0 cm³/mol. The number of phenolic OH excluding ortho intramolecular Hbond substituents is 1. The molecular weight excluding hydrogens is 274 g/mol. The number of rotatable bonds is 10. The van der Waals surface area contributed by atoms with Crippen molar-refractivity contribution >= 4 is 0 Å². The predicted octanol–water partition coefficient (Wildman–Crippen LogP) is 1.90. The Morgan fingerprint density at radius 3 is 2.00 bits per heavy atom. The molecule has 6 nitrogen and oxygen atoms in total. The van der Waals surface area contributed by atoms with Gasteiger partial charge in [0, 0.05) is 26.3 Å². The molecule has 0 aliphatic heterocycles. The Labute approximate surface area is 126 Å². The highest BCUT2D eigenvalue weighted by molar-refractivity contribution is 5.52. The molecule has 0 saturated heterocycles. The summed E-state index contributed by atoms with van der Waals surface area (Å²) in [5.74, 6) is 0.778. The summed E-state index contributed by atoms with van der Waals surface area (Å²) in [7, 11) is 3.01. The van der Waals surface area contributed by atoms with Gasteiger partial charge in [-0.2, -0.15) is 0 Å². The number of hydrogen-bond donors (Lipinski definition) is 2. The summed E-state index contributed by atoms with van der Waals surface area (Å²) < 4.78 is 21.2. The van der Waals surface area contributed by atoms with Gasteiger partial charge in [0.1, 0.15) is 0 Å². The van der Waals surface area contributed by atoms with Gasteiger partial charge >= 0.3 is 0 Å². The Morgan fingerprint density at radius 1 is 1.05 bits per heavy atom. The second-order valence-electron chi connectivity index (χ2n) is 4.32. The first-order valence-corrected chi connectivity index (χ1v) is 7.03. The largest absolute Gasteiger partial charge is 0.502 e. The first kappa shape index (κ1) is 17.6. The lowest BCUT2D eigenvalue weighted by Crippen LogP contribution is -2.31. The Morgan fingerprint density at radius 2 is 1.57 bits per heavy atom. The van der Waals surface area contributed by atoms with Gasteiger partial charge in [-0.3, -0.25) is 0 Å². The van der Waals surface area contributed by atoms with E-state index in [0.29, 0.717) is 37.8 Å². The van der Waals surface area contributed by atoms with Gasteiger partial charge in [-0.1, -0.05) is 0 Å². The maximum absolute atomic E-state index is 9.86. The van der Waals surface area contributed by atoms with E-state index in [-0.39, 0.29) is 12.0 Å². The van der Waals surface area contributed by atoms with Crippen LogP contribution >= 0.6 is 0 Å². The molecule has 0 fully saturated rings. The highest BCUT2D eigenvalue weighted by Crippen LogP contribution is 2.36. The second kappa shape index (κ2) is 9.44. The number of hydrogen-bond acceptors (Lipinski definition) is 6. The molecular formula is C15H25NO5. The molecule has 0 radical (unpaired) electrons. The molecule has 1 aromatic carbocycles. The number of aromatic hydroxyl groups is 1. The summed E-state index contributed by atoms with van der Waals surface area (Å²) in [4.78, 5) is 0. The first-order valence-electron chi connectivity index (χ1n) is 7.03. The third-order valence-corrected chi connectivity index (χ3v) is 2.88. The SMILES string of the molecule is CCOC(CNCc1cc(OC)c(O)c(OC)c1)OCC. The van der Waals surface area contributed by atoms with E-state index in [1.807, 2.05) is 13.8 Å². The van der Waals surface area contributed by atoms with Crippen LogP contribution in [-0.2, 0) is 16.0 Å². The zero-order chi connectivity index (χ0) is 15.7. The summed E-state index contributed by atoms with van der Waals surface area (Å²) in [5.41, 5.74) is 0.938. The van der Waals surface area contributed by atoms with Crippen molar-refractivity contribution < 1.29 is 24.1 Å². The molecule has 21 heavy (non-hydrogen) atoms. The molecule has 0 bridgehead atoms. The van der Waals surface area contributed by atoms with Crippen LogP contribution in [-0.4, -0.2) is 45.4 Å². The van der Waals surface area contributed by atoms with E-state index in [1.165, 1.54) is 14.2 Å². The van der Waals surface area contributed by atoms with Gasteiger partial charge in [0.25, 0.3) is 0 Å². The van der Waals surface area contributed by atoms with Crippen LogP contribution in [0.1, 0.15) is 19.4 Å². The van der Waals surface area contributed by atoms with Crippen molar-refractivity contribution in [1.82, 2.24) is 5.32 Å². The first-order chi connectivity index (χ1) is 10.2. The van der Waals surface area contributed by atoms with Gasteiger partial charge in [-0.25, -0.2) is 0 Å². The van der Waals surface area contributed by atoms with Crippen LogP contribution in [0.15, 0.2) is 12.1 Å². The Bertz CT molecular complexity index is 394. The van der Waals surface area contributed by atoms with Crippen molar-refractivity contribution in [1.29, 1.82) is 0 Å². The molecule has 2 N–H and O–H groups in total. The van der Waals surface area contributed by atoms with Crippen LogP contribution in [0.4, 0.5) is 0 Å². The lowest BCUT2D eigenvalue weighted by Gasteiger charge is -2.18. The van der Waals surface area contributed by atoms with Crippen molar-refractivity contribution in [3.8, 4) is 17.2 Å². The molecule has 120 valence electrons. The molecule has 0 aliphatic rings. The Hall–Kier alpha value is -1.50. The maximum atomic E-state index is 9.86. The number of phenols is 1. The van der Waals surface area contributed by atoms with E-state index in [2.05, 4.69) is 5.32 Å². The summed E-state index contributed by atoms with van der Waals surface area (Å²) in [6, 6.07) is 3.53. The maximum Gasteiger partial charge on any atom is 0.200 e. The van der Waals surface area contributed by atoms with E-state index in [1.54, 1.807) is 12.1 Å². The molecule has 0 amide bonds. The third kappa shape index (κ3) is 5.41. The number of ether oxygens (including phenoxy) is 4. The smallest absolute Gasteiger partial charge is 0.200 e. The van der Waals surface area contributed by atoms with Crippen LogP contribution in [0.2, 0.25) is 0 Å². The summed E-state index contributed by atoms with van der Waals surface area (Å²) in [6.07, 6.45) is -0.263. The third-order valence-electron chi connectivity index (χ3n) is 2.88. The minimum atomic E-state index is -0.263. The van der Waals surface area contributed by atoms with Gasteiger partial charge in [0.2, 0.25) is 5.75 Å². The summed E-state index contributed by atoms with van der Waals surface area (Å²) in [6.45, 7) is 6.24. The fourth-order valence-corrected chi connectivity index (χ4v) is 1.92. The van der Waals surface area contributed by atoms with Gasteiger partial charge in [-0.15, -0.1) is 0 Å². The van der Waals surface area contributed by atoms with Crippen LogP contribution < -0.4 is 14.8 Å². The fraction of sp³-hybridized carbons (Fsp3) is 0.600. The summed E-state index contributed by atoms with van der Waals surface area (Å²) >= 11 is 0. The average Bonchev–Trinajstić information content (AvgIpc) is 2.49. The van der Waals surface area contributed by atoms with Gasteiger partial charge in [0.05, 0.1) is 14.2 Å². The van der Waals surface area contributed by atoms with E-state index in [9.17, 15) is 5.11 Å². The van der Waals surface area contributed by atoms with Crippen LogP contribution in [0, 0.1) is 0 Å². The fourth-order valence-electron chi connectivity index (χ4n) is 1.92. The second-order valence-corrected chi connectivity index (χ2v) is 4.32. The zero-order valence-electron chi connectivity index (χ0n) is 13.1. The molecule has 0 saturated carbocycles. The normalized spacial score (nSPS) is 10.9. The molecule has 0 spiro atoms. The minimum absolute atomic E-state index is 0.00487. The minimum Gasteiger partial charge on any atom is -0.502 e. The molecule has 0 unspecified atom stereocenters. The molecule has 0 aliphatic carbocycles. The highest BCUT2D eigenvalue weighted by atomic mass is 16.7. The molecule has 0 heterocycles. The summed E-state index contributed by atoms with van der Waals surface area (Å²) in [5, 5.41) is 13.1. The average molecular weight is 299 g/mol. The Kier molecular flexibility index (Phi) is 7.89. The number of nitrogens with one attached hydrogen (secondary N) is 1. The van der Waals surface area contributed by atoms with Crippen molar-refractivity contribution in [2.75, 3.05) is 34.0 Å². The van der Waals surface area contributed by atoms with Gasteiger partial charge in [-0.05, 0) is 31.5 Å². The molecule has 1 aromatic rings. The zero-order valence-corrected chi connectivity index (χ0v) is 13.1. The molecule has 1 rings (SSSR count). The molecule has 6 heteroatoms. The number of benzene rings is 1. The van der Waals surface area contributed by atoms with Crippen LogP contribution in [0.5, 0.6) is 17.2 Å². The number of methoxy groups -OCH3 is 2.